The number of thioether (sulfide) groups is 1. The minimum Gasteiger partial charge on any atom is -0.496 e. The number of ether oxygens (including phenoxy) is 1. The van der Waals surface area contributed by atoms with E-state index in [1.165, 1.54) is 11.8 Å². The maximum Gasteiger partial charge on any atom is 0.232 e. The number of carbonyl (C=O) groups excluding carboxylic acids is 1. The van der Waals surface area contributed by atoms with Crippen molar-refractivity contribution in [2.24, 2.45) is 0 Å². The van der Waals surface area contributed by atoms with Crippen LogP contribution in [-0.4, -0.2) is 36.8 Å². The van der Waals surface area contributed by atoms with Crippen molar-refractivity contribution in [3.05, 3.63) is 24.3 Å². The largest absolute Gasteiger partial charge is 0.496 e. The summed E-state index contributed by atoms with van der Waals surface area (Å²) in [6.07, 6.45) is 0.549. The number of methoxy groups -OCH3 is 1. The average molecular weight is 303 g/mol. The molecule has 110 valence electrons. The topological polar surface area (TPSA) is 77.1 Å². The molecule has 0 heterocycles. The Kier molecular flexibility index (Phi) is 7.78. The van der Waals surface area contributed by atoms with E-state index in [0.29, 0.717) is 13.1 Å². The van der Waals surface area contributed by atoms with Crippen LogP contribution in [0, 0.1) is 22.7 Å². The van der Waals surface area contributed by atoms with E-state index >= 15 is 0 Å². The molecule has 1 amide bonds. The maximum atomic E-state index is 12.2. The summed E-state index contributed by atoms with van der Waals surface area (Å²) < 4.78 is 5.24. The van der Waals surface area contributed by atoms with Gasteiger partial charge in [0.05, 0.1) is 37.8 Å². The zero-order chi connectivity index (χ0) is 15.5. The SMILES string of the molecule is COc1ccccc1SCC(=O)N(CCC#N)CCC#N. The van der Waals surface area contributed by atoms with Crippen LogP contribution in [0.5, 0.6) is 5.75 Å². The fourth-order valence-electron chi connectivity index (χ4n) is 1.70. The van der Waals surface area contributed by atoms with E-state index in [2.05, 4.69) is 0 Å². The number of hydrogen-bond donors (Lipinski definition) is 0. The monoisotopic (exact) mass is 303 g/mol. The fraction of sp³-hybridized carbons (Fsp3) is 0.400. The Bertz CT molecular complexity index is 531. The van der Waals surface area contributed by atoms with Crippen molar-refractivity contribution in [2.45, 2.75) is 17.7 Å². The van der Waals surface area contributed by atoms with Gasteiger partial charge in [-0.15, -0.1) is 11.8 Å². The Morgan fingerprint density at radius 3 is 2.43 bits per heavy atom. The van der Waals surface area contributed by atoms with Crippen LogP contribution in [0.1, 0.15) is 12.8 Å². The summed E-state index contributed by atoms with van der Waals surface area (Å²) in [5.74, 6) is 0.921. The van der Waals surface area contributed by atoms with Crippen LogP contribution in [-0.2, 0) is 4.79 Å². The molecule has 0 saturated heterocycles. The minimum atomic E-state index is -0.0728. The highest BCUT2D eigenvalue weighted by Crippen LogP contribution is 2.28. The average Bonchev–Trinajstić information content (AvgIpc) is 2.53. The van der Waals surface area contributed by atoms with Gasteiger partial charge in [0.25, 0.3) is 0 Å². The molecule has 1 aromatic carbocycles. The van der Waals surface area contributed by atoms with E-state index in [0.717, 1.165) is 10.6 Å². The molecule has 0 radical (unpaired) electrons. The second kappa shape index (κ2) is 9.68. The lowest BCUT2D eigenvalue weighted by atomic mass is 10.3. The highest BCUT2D eigenvalue weighted by molar-refractivity contribution is 8.00. The molecular formula is C15H17N3O2S. The number of para-hydroxylation sites is 1. The van der Waals surface area contributed by atoms with Crippen molar-refractivity contribution in [3.8, 4) is 17.9 Å². The molecule has 0 aliphatic rings. The number of hydrogen-bond acceptors (Lipinski definition) is 5. The summed E-state index contributed by atoms with van der Waals surface area (Å²) in [6.45, 7) is 0.729. The van der Waals surface area contributed by atoms with Crippen molar-refractivity contribution in [3.63, 3.8) is 0 Å². The van der Waals surface area contributed by atoms with E-state index < -0.39 is 0 Å². The lowest BCUT2D eigenvalue weighted by Crippen LogP contribution is -2.34. The van der Waals surface area contributed by atoms with Gasteiger partial charge in [0.1, 0.15) is 5.75 Å². The van der Waals surface area contributed by atoms with Crippen LogP contribution in [0.2, 0.25) is 0 Å². The Balaban J connectivity index is 2.60. The lowest BCUT2D eigenvalue weighted by Gasteiger charge is -2.20. The molecular weight excluding hydrogens is 286 g/mol. The quantitative estimate of drug-likeness (QED) is 0.689. The summed E-state index contributed by atoms with van der Waals surface area (Å²) in [4.78, 5) is 14.6. The maximum absolute atomic E-state index is 12.2. The van der Waals surface area contributed by atoms with E-state index in [1.807, 2.05) is 36.4 Å². The first-order valence-corrected chi connectivity index (χ1v) is 7.49. The van der Waals surface area contributed by atoms with Crippen molar-refractivity contribution < 1.29 is 9.53 Å². The van der Waals surface area contributed by atoms with Crippen LogP contribution in [0.4, 0.5) is 0 Å². The molecule has 0 unspecified atom stereocenters. The zero-order valence-electron chi connectivity index (χ0n) is 11.9. The van der Waals surface area contributed by atoms with Crippen LogP contribution >= 0.6 is 11.8 Å². The van der Waals surface area contributed by atoms with E-state index in [-0.39, 0.29) is 24.5 Å². The van der Waals surface area contributed by atoms with Crippen LogP contribution in [0.15, 0.2) is 29.2 Å². The van der Waals surface area contributed by atoms with Gasteiger partial charge in [-0.25, -0.2) is 0 Å². The Labute approximate surface area is 129 Å². The molecule has 0 fully saturated rings. The van der Waals surface area contributed by atoms with E-state index in [9.17, 15) is 4.79 Å². The second-order valence-electron chi connectivity index (χ2n) is 4.14. The molecule has 0 aliphatic carbocycles. The fourth-order valence-corrected chi connectivity index (χ4v) is 2.63. The van der Waals surface area contributed by atoms with Gasteiger partial charge in [-0.2, -0.15) is 10.5 Å². The van der Waals surface area contributed by atoms with Gasteiger partial charge >= 0.3 is 0 Å². The molecule has 0 aromatic heterocycles. The van der Waals surface area contributed by atoms with Gasteiger partial charge in [0.15, 0.2) is 0 Å². The summed E-state index contributed by atoms with van der Waals surface area (Å²) in [5, 5.41) is 17.2. The Morgan fingerprint density at radius 1 is 1.24 bits per heavy atom. The van der Waals surface area contributed by atoms with E-state index in [1.54, 1.807) is 12.0 Å². The second-order valence-corrected chi connectivity index (χ2v) is 5.15. The number of nitriles is 2. The van der Waals surface area contributed by atoms with Crippen molar-refractivity contribution in [1.82, 2.24) is 4.90 Å². The first-order valence-electron chi connectivity index (χ1n) is 6.50. The summed E-state index contributed by atoms with van der Waals surface area (Å²) >= 11 is 1.39. The van der Waals surface area contributed by atoms with Crippen molar-refractivity contribution >= 4 is 17.7 Å². The smallest absolute Gasteiger partial charge is 0.232 e. The number of nitrogens with zero attached hydrogens (tertiary/aromatic N) is 3. The van der Waals surface area contributed by atoms with Gasteiger partial charge in [-0.3, -0.25) is 4.79 Å². The standard InChI is InChI=1S/C15H17N3O2S/c1-20-13-6-2-3-7-14(13)21-12-15(19)18(10-4-8-16)11-5-9-17/h2-3,6-7H,4-5,10-12H2,1H3. The van der Waals surface area contributed by atoms with Gasteiger partial charge in [-0.05, 0) is 12.1 Å². The Hall–Kier alpha value is -2.18. The molecule has 21 heavy (non-hydrogen) atoms. The first-order chi connectivity index (χ1) is 10.2. The van der Waals surface area contributed by atoms with Crippen molar-refractivity contribution in [1.29, 1.82) is 10.5 Å². The predicted octanol–water partition coefficient (Wildman–Crippen LogP) is 2.44. The molecule has 0 spiro atoms. The highest BCUT2D eigenvalue weighted by atomic mass is 32.2. The molecule has 1 rings (SSSR count). The summed E-state index contributed by atoms with van der Waals surface area (Å²) in [6, 6.07) is 11.5. The molecule has 5 nitrogen and oxygen atoms in total. The molecule has 0 bridgehead atoms. The van der Waals surface area contributed by atoms with Gasteiger partial charge < -0.3 is 9.64 Å². The zero-order valence-corrected chi connectivity index (χ0v) is 12.7. The molecule has 6 heteroatoms. The van der Waals surface area contributed by atoms with Crippen molar-refractivity contribution in [2.75, 3.05) is 26.0 Å². The first kappa shape index (κ1) is 16.9. The van der Waals surface area contributed by atoms with Crippen LogP contribution in [0.25, 0.3) is 0 Å². The third-order valence-electron chi connectivity index (χ3n) is 2.76. The normalized spacial score (nSPS) is 9.48. The lowest BCUT2D eigenvalue weighted by molar-refractivity contribution is -0.128. The number of benzene rings is 1. The van der Waals surface area contributed by atoms with Crippen LogP contribution in [0.3, 0.4) is 0 Å². The number of amides is 1. The summed E-state index contributed by atoms with van der Waals surface area (Å²) in [7, 11) is 1.59. The third kappa shape index (κ3) is 5.76. The molecule has 0 atom stereocenters. The molecule has 0 N–H and O–H groups in total. The third-order valence-corrected chi connectivity index (χ3v) is 3.80. The van der Waals surface area contributed by atoms with Gasteiger partial charge in [0.2, 0.25) is 5.91 Å². The molecule has 0 saturated carbocycles. The highest BCUT2D eigenvalue weighted by Gasteiger charge is 2.14. The molecule has 0 aliphatic heterocycles. The molecule has 1 aromatic rings. The van der Waals surface area contributed by atoms with Crippen LogP contribution < -0.4 is 4.74 Å². The number of carbonyl (C=O) groups is 1. The minimum absolute atomic E-state index is 0.0728. The summed E-state index contributed by atoms with van der Waals surface area (Å²) in [5.41, 5.74) is 0. The van der Waals surface area contributed by atoms with E-state index in [4.69, 9.17) is 15.3 Å². The van der Waals surface area contributed by atoms with Gasteiger partial charge in [0, 0.05) is 18.0 Å². The number of rotatable bonds is 8. The van der Waals surface area contributed by atoms with Gasteiger partial charge in [-0.1, -0.05) is 12.1 Å². The predicted molar refractivity (Wildman–Crippen MR) is 80.8 cm³/mol. The Morgan fingerprint density at radius 2 is 1.86 bits per heavy atom.